The van der Waals surface area contributed by atoms with Crippen LogP contribution in [-0.2, 0) is 42.9 Å². The van der Waals surface area contributed by atoms with Gasteiger partial charge in [-0.25, -0.2) is 4.79 Å². The fourth-order valence-electron chi connectivity index (χ4n) is 8.21. The summed E-state index contributed by atoms with van der Waals surface area (Å²) in [5, 5.41) is 24.2. The summed E-state index contributed by atoms with van der Waals surface area (Å²) in [5.74, 6) is -3.69. The Morgan fingerprint density at radius 3 is 2.35 bits per heavy atom. The van der Waals surface area contributed by atoms with Gasteiger partial charge in [0.25, 0.3) is 0 Å². The van der Waals surface area contributed by atoms with Crippen molar-refractivity contribution in [3.8, 4) is 0 Å². The van der Waals surface area contributed by atoms with E-state index in [0.29, 0.717) is 39.3 Å². The fourth-order valence-corrected chi connectivity index (χ4v) is 8.21. The van der Waals surface area contributed by atoms with E-state index in [4.69, 9.17) is 23.7 Å². The van der Waals surface area contributed by atoms with Crippen LogP contribution in [0.15, 0.2) is 12.7 Å². The van der Waals surface area contributed by atoms with Gasteiger partial charge in [-0.15, -0.1) is 6.58 Å². The largest absolute Gasteiger partial charge is 0.455 e. The normalized spacial score (nSPS) is 40.9. The number of nitrogens with zero attached hydrogens (tertiary/aromatic N) is 1. The van der Waals surface area contributed by atoms with Gasteiger partial charge in [-0.2, -0.15) is 0 Å². The van der Waals surface area contributed by atoms with Crippen LogP contribution in [-0.4, -0.2) is 113 Å². The highest BCUT2D eigenvalue weighted by molar-refractivity contribution is 5.92. The Kier molecular flexibility index (Phi) is 9.23. The predicted octanol–water partition coefficient (Wildman–Crippen LogP) is 1.34. The van der Waals surface area contributed by atoms with Crippen molar-refractivity contribution in [3.05, 3.63) is 12.7 Å². The minimum atomic E-state index is -2.33. The van der Waals surface area contributed by atoms with Crippen LogP contribution >= 0.6 is 0 Å². The molecule has 4 fully saturated rings. The quantitative estimate of drug-likeness (QED) is 0.231. The molecule has 43 heavy (non-hydrogen) atoms. The van der Waals surface area contributed by atoms with E-state index in [1.165, 1.54) is 19.9 Å². The van der Waals surface area contributed by atoms with Gasteiger partial charge in [-0.05, 0) is 32.1 Å². The van der Waals surface area contributed by atoms with Gasteiger partial charge in [0.05, 0.1) is 31.3 Å². The average Bonchev–Trinajstić information content (AvgIpc) is 2.93. The van der Waals surface area contributed by atoms with Crippen molar-refractivity contribution in [2.75, 3.05) is 39.5 Å². The summed E-state index contributed by atoms with van der Waals surface area (Å²) in [4.78, 5) is 54.4. The standard InChI is InChI=1S/C31H47NO11/c1-8-28(5)17-21(35)31(38)29(6)20(34)9-11-27(3,4)25(29)24(26(41-19(2)33)30(31,7)43-28)42-23(37)18-40-22(36)10-12-32-13-15-39-16-14-32/h8,20,24-26,34,38H,1,9-18H2,2-7H3/t20-,24-,25-,26-,28-,29-,30+,31-/m0/s1. The number of fused-ring (bicyclic) bond motifs is 3. The van der Waals surface area contributed by atoms with Gasteiger partial charge in [0.15, 0.2) is 24.1 Å². The Morgan fingerprint density at radius 2 is 1.74 bits per heavy atom. The molecule has 242 valence electrons. The zero-order valence-corrected chi connectivity index (χ0v) is 26.2. The third kappa shape index (κ3) is 5.65. The molecule has 4 rings (SSSR count). The molecule has 0 aromatic heterocycles. The number of esters is 3. The molecule has 0 unspecified atom stereocenters. The SMILES string of the molecule is C=C[C@@]1(C)CC(=O)[C@]2(O)[C@@]3(C)[C@@H](O)CCC(C)(C)[C@@H]3[C@H](OC(=O)COC(=O)CCN3CCOCC3)[C@H](OC(C)=O)[C@@]2(C)O1. The van der Waals surface area contributed by atoms with Crippen LogP contribution in [0.25, 0.3) is 0 Å². The van der Waals surface area contributed by atoms with E-state index in [1.807, 2.05) is 13.8 Å². The van der Waals surface area contributed by atoms with Crippen molar-refractivity contribution < 1.29 is 53.1 Å². The van der Waals surface area contributed by atoms with Crippen LogP contribution in [0.4, 0.5) is 0 Å². The zero-order chi connectivity index (χ0) is 32.0. The minimum absolute atomic E-state index is 0.0773. The summed E-state index contributed by atoms with van der Waals surface area (Å²) in [6, 6.07) is 0. The monoisotopic (exact) mass is 609 g/mol. The van der Waals surface area contributed by atoms with Gasteiger partial charge < -0.3 is 33.9 Å². The Morgan fingerprint density at radius 1 is 1.09 bits per heavy atom. The number of morpholine rings is 1. The maximum Gasteiger partial charge on any atom is 0.344 e. The molecule has 4 aliphatic rings. The van der Waals surface area contributed by atoms with Crippen molar-refractivity contribution in [3.63, 3.8) is 0 Å². The van der Waals surface area contributed by atoms with Crippen LogP contribution in [0.5, 0.6) is 0 Å². The molecular formula is C31H47NO11. The van der Waals surface area contributed by atoms with E-state index >= 15 is 0 Å². The summed E-state index contributed by atoms with van der Waals surface area (Å²) in [6.07, 6.45) is -1.89. The lowest BCUT2D eigenvalue weighted by Gasteiger charge is -2.71. The number of carbonyl (C=O) groups is 4. The van der Waals surface area contributed by atoms with Crippen LogP contribution < -0.4 is 0 Å². The lowest BCUT2D eigenvalue weighted by atomic mass is 9.39. The summed E-state index contributed by atoms with van der Waals surface area (Å²) >= 11 is 0. The van der Waals surface area contributed by atoms with Gasteiger partial charge in [-0.3, -0.25) is 19.3 Å². The highest BCUT2D eigenvalue weighted by Gasteiger charge is 2.82. The smallest absolute Gasteiger partial charge is 0.344 e. The number of ketones is 1. The first-order valence-corrected chi connectivity index (χ1v) is 15.0. The molecule has 2 saturated carbocycles. The van der Waals surface area contributed by atoms with E-state index in [-0.39, 0.29) is 19.3 Å². The molecule has 8 atom stereocenters. The van der Waals surface area contributed by atoms with Gasteiger partial charge in [0.2, 0.25) is 0 Å². The Labute approximate surface area is 253 Å². The number of aliphatic hydroxyl groups is 2. The molecule has 0 bridgehead atoms. The molecule has 2 saturated heterocycles. The van der Waals surface area contributed by atoms with Crippen molar-refractivity contribution in [1.29, 1.82) is 0 Å². The van der Waals surface area contributed by atoms with Crippen molar-refractivity contribution in [2.24, 2.45) is 16.7 Å². The summed E-state index contributed by atoms with van der Waals surface area (Å²) in [6.45, 7) is 15.8. The molecule has 2 N–H and O–H groups in total. The maximum atomic E-state index is 14.1. The molecule has 12 nitrogen and oxygen atoms in total. The highest BCUT2D eigenvalue weighted by atomic mass is 16.6. The predicted molar refractivity (Wildman–Crippen MR) is 152 cm³/mol. The Balaban J connectivity index is 1.68. The number of ether oxygens (including phenoxy) is 5. The first kappa shape index (κ1) is 33.5. The second-order valence-corrected chi connectivity index (χ2v) is 13.7. The molecule has 2 heterocycles. The maximum absolute atomic E-state index is 14.1. The summed E-state index contributed by atoms with van der Waals surface area (Å²) in [5.41, 5.74) is -7.84. The molecule has 0 aromatic carbocycles. The lowest BCUT2D eigenvalue weighted by molar-refractivity contribution is -0.371. The Hall–Kier alpha value is -2.38. The van der Waals surface area contributed by atoms with Crippen molar-refractivity contribution in [2.45, 2.75) is 102 Å². The van der Waals surface area contributed by atoms with Crippen LogP contribution in [0, 0.1) is 16.7 Å². The fraction of sp³-hybridized carbons (Fsp3) is 0.806. The van der Waals surface area contributed by atoms with Crippen molar-refractivity contribution >= 4 is 23.7 Å². The molecule has 0 aromatic rings. The second kappa shape index (κ2) is 11.8. The first-order valence-electron chi connectivity index (χ1n) is 15.0. The van der Waals surface area contributed by atoms with Gasteiger partial charge in [0.1, 0.15) is 11.7 Å². The molecule has 0 radical (unpaired) electrons. The minimum Gasteiger partial charge on any atom is -0.455 e. The number of hydrogen-bond acceptors (Lipinski definition) is 12. The lowest BCUT2D eigenvalue weighted by Crippen LogP contribution is -2.87. The van der Waals surface area contributed by atoms with Crippen LogP contribution in [0.1, 0.15) is 67.2 Å². The van der Waals surface area contributed by atoms with E-state index in [0.717, 1.165) is 0 Å². The highest BCUT2D eigenvalue weighted by Crippen LogP contribution is 2.67. The van der Waals surface area contributed by atoms with Gasteiger partial charge in [0, 0.05) is 44.3 Å². The zero-order valence-electron chi connectivity index (χ0n) is 26.2. The van der Waals surface area contributed by atoms with Crippen molar-refractivity contribution in [1.82, 2.24) is 4.90 Å². The number of aliphatic hydroxyl groups excluding tert-OH is 1. The molecule has 0 spiro atoms. The van der Waals surface area contributed by atoms with E-state index in [1.54, 1.807) is 13.8 Å². The molecule has 0 amide bonds. The third-order valence-corrected chi connectivity index (χ3v) is 10.3. The third-order valence-electron chi connectivity index (χ3n) is 10.3. The van der Waals surface area contributed by atoms with E-state index in [9.17, 15) is 29.4 Å². The van der Waals surface area contributed by atoms with E-state index in [2.05, 4.69) is 11.5 Å². The first-order chi connectivity index (χ1) is 19.9. The van der Waals surface area contributed by atoms with Gasteiger partial charge in [-0.1, -0.05) is 26.8 Å². The Bertz CT molecular complexity index is 1130. The molecule has 2 aliphatic heterocycles. The van der Waals surface area contributed by atoms with Crippen LogP contribution in [0.2, 0.25) is 0 Å². The van der Waals surface area contributed by atoms with Crippen LogP contribution in [0.3, 0.4) is 0 Å². The molecular weight excluding hydrogens is 562 g/mol. The van der Waals surface area contributed by atoms with E-state index < -0.39 is 82.2 Å². The average molecular weight is 610 g/mol. The van der Waals surface area contributed by atoms with Gasteiger partial charge >= 0.3 is 17.9 Å². The topological polar surface area (TPSA) is 158 Å². The number of carbonyl (C=O) groups excluding carboxylic acids is 4. The second-order valence-electron chi connectivity index (χ2n) is 13.7. The summed E-state index contributed by atoms with van der Waals surface area (Å²) in [7, 11) is 0. The number of hydrogen-bond donors (Lipinski definition) is 2. The number of rotatable bonds is 8. The molecule has 12 heteroatoms. The molecule has 2 aliphatic carbocycles. The summed E-state index contributed by atoms with van der Waals surface area (Å²) < 4.78 is 28.8. The number of Topliss-reactive ketones (excluding diaryl/α,β-unsaturated/α-hetero) is 1.